The van der Waals surface area contributed by atoms with Crippen molar-refractivity contribution in [1.29, 1.82) is 0 Å². The molecule has 206 valence electrons. The molecule has 0 aromatic heterocycles. The highest BCUT2D eigenvalue weighted by Crippen LogP contribution is 2.58. The van der Waals surface area contributed by atoms with Crippen molar-refractivity contribution in [2.75, 3.05) is 0 Å². The van der Waals surface area contributed by atoms with Gasteiger partial charge in [0.25, 0.3) is 0 Å². The third kappa shape index (κ3) is 4.79. The third-order valence-corrected chi connectivity index (χ3v) is 19.9. The average Bonchev–Trinajstić information content (AvgIpc) is 3.59. The van der Waals surface area contributed by atoms with Crippen molar-refractivity contribution in [1.82, 2.24) is 0 Å². The summed E-state index contributed by atoms with van der Waals surface area (Å²) in [5.41, 5.74) is 0. The van der Waals surface area contributed by atoms with Gasteiger partial charge in [-0.15, -0.1) is 4.94 Å². The number of hydrogen-bond donors (Lipinski definition) is 0. The number of rotatable bonds is 7. The van der Waals surface area contributed by atoms with Gasteiger partial charge in [-0.1, -0.05) is 115 Å². The summed E-state index contributed by atoms with van der Waals surface area (Å²) in [6.45, 7) is -2.14. The molecule has 0 N–H and O–H groups in total. The molecule has 0 amide bonds. The fourth-order valence-electron chi connectivity index (χ4n) is 6.40. The molecule has 0 atom stereocenters. The van der Waals surface area contributed by atoms with Gasteiger partial charge in [0.2, 0.25) is 0 Å². The second-order valence-corrected chi connectivity index (χ2v) is 19.5. The van der Waals surface area contributed by atoms with Gasteiger partial charge in [-0.3, -0.25) is 0 Å². The van der Waals surface area contributed by atoms with Crippen molar-refractivity contribution in [2.24, 2.45) is 0 Å². The molecule has 1 heterocycles. The Kier molecular flexibility index (Phi) is 7.88. The number of allylic oxidation sites excluding steroid dienone is 2. The molecule has 3 heteroatoms. The van der Waals surface area contributed by atoms with Crippen LogP contribution in [-0.2, 0) is 0 Å². The Labute approximate surface area is 257 Å². The first kappa shape index (κ1) is 27.7. The fourth-order valence-corrected chi connectivity index (χ4v) is 19.4. The summed E-state index contributed by atoms with van der Waals surface area (Å²) in [7, 11) is -1.58. The summed E-state index contributed by atoms with van der Waals surface area (Å²) >= 11 is 0. The highest BCUT2D eigenvalue weighted by atomic mass is 31.2. The smallest absolute Gasteiger partial charge is 0.145 e. The van der Waals surface area contributed by atoms with E-state index < -0.39 is 14.1 Å². The first-order chi connectivity index (χ1) is 21.3. The maximum absolute atomic E-state index is 2.50. The fraction of sp³-hybridized carbons (Fsp3) is 0. The molecule has 0 fully saturated rings. The normalized spacial score (nSPS) is 12.9. The van der Waals surface area contributed by atoms with Crippen LogP contribution < -0.4 is 26.5 Å². The van der Waals surface area contributed by atoms with E-state index in [1.165, 1.54) is 31.5 Å². The Balaban J connectivity index is 1.67. The lowest BCUT2D eigenvalue weighted by Crippen LogP contribution is -2.36. The molecule has 0 radical (unpaired) electrons. The topological polar surface area (TPSA) is 0 Å². The molecule has 0 saturated carbocycles. The molecule has 0 unspecified atom stereocenters. The molecule has 43 heavy (non-hydrogen) atoms. The van der Waals surface area contributed by atoms with E-state index in [4.69, 9.17) is 0 Å². The van der Waals surface area contributed by atoms with Crippen LogP contribution in [-0.4, -0.2) is 18.6 Å². The second kappa shape index (κ2) is 12.2. The van der Waals surface area contributed by atoms with Crippen LogP contribution in [0.4, 0.5) is 0 Å². The minimum atomic E-state index is -2.14. The molecule has 0 bridgehead atoms. The van der Waals surface area contributed by atoms with Gasteiger partial charge in [-0.25, -0.2) is 0 Å². The zero-order valence-electron chi connectivity index (χ0n) is 23.9. The summed E-state index contributed by atoms with van der Waals surface area (Å²) in [6, 6.07) is 67.5. The molecule has 7 rings (SSSR count). The van der Waals surface area contributed by atoms with Gasteiger partial charge in [-0.2, -0.15) is 30.3 Å². The molecule has 1 aliphatic rings. The standard InChI is InChI=1S/C40H32P2Si/c1-7-19-33(20-8-1)41(34-21-9-2-10-22-34,35-23-11-3-12-24-35)39-31-32-40(43-39)42(36-25-13-4-14-26-36,37-27-15-5-16-28-37)38-29-17-6-18-30-38/h1-32H. The van der Waals surface area contributed by atoms with Gasteiger partial charge < -0.3 is 0 Å². The van der Waals surface area contributed by atoms with Gasteiger partial charge in [0.15, 0.2) is 0 Å². The molecule has 6 aromatic carbocycles. The summed E-state index contributed by atoms with van der Waals surface area (Å²) in [6.07, 6.45) is 5.00. The van der Waals surface area contributed by atoms with Crippen LogP contribution >= 0.6 is 14.1 Å². The second-order valence-electron chi connectivity index (χ2n) is 10.6. The Morgan fingerprint density at radius 2 is 0.837 bits per heavy atom. The predicted octanol–water partition coefficient (Wildman–Crippen LogP) is 7.13. The highest BCUT2D eigenvalue weighted by Gasteiger charge is 2.49. The Morgan fingerprint density at radius 1 is 0.442 bits per heavy atom. The van der Waals surface area contributed by atoms with Crippen molar-refractivity contribution in [2.45, 2.75) is 0 Å². The molecule has 0 aliphatic carbocycles. The van der Waals surface area contributed by atoms with Crippen LogP contribution in [0.2, 0.25) is 0 Å². The Morgan fingerprint density at radius 3 is 1.26 bits per heavy atom. The largest absolute Gasteiger partial charge is 0.172 e. The van der Waals surface area contributed by atoms with Crippen LogP contribution in [0.1, 0.15) is 0 Å². The zero-order valence-corrected chi connectivity index (χ0v) is 26.7. The van der Waals surface area contributed by atoms with E-state index in [1.807, 2.05) is 0 Å². The van der Waals surface area contributed by atoms with Crippen molar-refractivity contribution in [3.05, 3.63) is 199 Å². The number of hydrogen-bond acceptors (Lipinski definition) is 0. The maximum Gasteiger partial charge on any atom is 0.145 e. The third-order valence-electron chi connectivity index (χ3n) is 8.24. The Bertz CT molecular complexity index is 1880. The van der Waals surface area contributed by atoms with E-state index >= 15 is 0 Å². The number of benzene rings is 6. The van der Waals surface area contributed by atoms with Gasteiger partial charge >= 0.3 is 0 Å². The van der Waals surface area contributed by atoms with E-state index in [-0.39, 0.29) is 0 Å². The van der Waals surface area contributed by atoms with E-state index in [0.29, 0.717) is 8.74 Å². The van der Waals surface area contributed by atoms with Crippen LogP contribution in [0.25, 0.3) is 0 Å². The molecule has 0 saturated heterocycles. The summed E-state index contributed by atoms with van der Waals surface area (Å²) < 4.78 is 0. The lowest BCUT2D eigenvalue weighted by Gasteiger charge is -2.30. The zero-order chi connectivity index (χ0) is 29.0. The van der Waals surface area contributed by atoms with Crippen LogP contribution in [0, 0.1) is 4.94 Å². The lowest BCUT2D eigenvalue weighted by atomic mass is 10.4. The molecule has 1 aliphatic heterocycles. The molecule has 6 aromatic rings. The molecular formula is C40H32P2Si. The van der Waals surface area contributed by atoms with Crippen molar-refractivity contribution in [3.63, 3.8) is 0 Å². The summed E-state index contributed by atoms with van der Waals surface area (Å²) in [5, 5.41) is 7.03. The molecule has 0 spiro atoms. The van der Waals surface area contributed by atoms with Gasteiger partial charge in [0, 0.05) is 13.7 Å². The van der Waals surface area contributed by atoms with E-state index in [2.05, 4.69) is 194 Å². The molecule has 0 nitrogen and oxygen atoms in total. The van der Waals surface area contributed by atoms with Crippen LogP contribution in [0.5, 0.6) is 0 Å². The van der Waals surface area contributed by atoms with Crippen LogP contribution in [0.3, 0.4) is 0 Å². The highest BCUT2D eigenvalue weighted by molar-refractivity contribution is 8.11. The van der Waals surface area contributed by atoms with Crippen LogP contribution in [0.15, 0.2) is 194 Å². The first-order valence-electron chi connectivity index (χ1n) is 14.7. The van der Waals surface area contributed by atoms with Gasteiger partial charge in [0.1, 0.15) is 28.1 Å². The SMILES string of the molecule is C1=CC([P+](c2ccccc2)(c2ccccc2)c2ccccc2)=[Si]=C1P(c1ccccc1)(c1ccccc1)=c1cc[cH-]cc1. The lowest BCUT2D eigenvalue weighted by molar-refractivity contribution is 1.66. The maximum atomic E-state index is 2.50. The van der Waals surface area contributed by atoms with E-state index in [1.54, 1.807) is 9.82 Å². The summed E-state index contributed by atoms with van der Waals surface area (Å²) in [5.74, 6) is 0. The quantitative estimate of drug-likeness (QED) is 0.104. The minimum Gasteiger partial charge on any atom is -0.172 e. The predicted molar refractivity (Wildman–Crippen MR) is 194 cm³/mol. The van der Waals surface area contributed by atoms with Gasteiger partial charge in [-0.05, 0) is 66.0 Å². The van der Waals surface area contributed by atoms with Gasteiger partial charge in [0.05, 0.1) is 0 Å². The minimum absolute atomic E-state index is 0.568. The van der Waals surface area contributed by atoms with Crippen molar-refractivity contribution in [3.8, 4) is 0 Å². The summed E-state index contributed by atoms with van der Waals surface area (Å²) in [4.78, 5) is 4.49. The Hall–Kier alpha value is -4.12. The van der Waals surface area contributed by atoms with E-state index in [9.17, 15) is 0 Å². The average molecular weight is 603 g/mol. The van der Waals surface area contributed by atoms with Crippen molar-refractivity contribution >= 4 is 59.2 Å². The monoisotopic (exact) mass is 602 g/mol. The first-order valence-corrected chi connectivity index (χ1v) is 19.2. The van der Waals surface area contributed by atoms with Crippen molar-refractivity contribution < 1.29 is 0 Å². The molecular weight excluding hydrogens is 570 g/mol. The van der Waals surface area contributed by atoms with E-state index in [0.717, 1.165) is 0 Å².